The molecule has 0 spiro atoms. The fourth-order valence-corrected chi connectivity index (χ4v) is 3.47. The Balaban J connectivity index is 1.57. The summed E-state index contributed by atoms with van der Waals surface area (Å²) in [7, 11) is -1.55. The molecular formula is C14H20N6O4S. The van der Waals surface area contributed by atoms with Crippen LogP contribution in [0.25, 0.3) is 11.0 Å². The van der Waals surface area contributed by atoms with E-state index in [4.69, 9.17) is 4.74 Å². The first kappa shape index (κ1) is 17.6. The lowest BCUT2D eigenvalue weighted by atomic mass is 10.2. The van der Waals surface area contributed by atoms with E-state index in [-0.39, 0.29) is 19.2 Å². The van der Waals surface area contributed by atoms with Crippen molar-refractivity contribution < 1.29 is 17.9 Å². The highest BCUT2D eigenvalue weighted by molar-refractivity contribution is 7.88. The maximum Gasteiger partial charge on any atom is 0.319 e. The summed E-state index contributed by atoms with van der Waals surface area (Å²) in [5, 5.41) is 13.8. The van der Waals surface area contributed by atoms with Crippen LogP contribution in [0.1, 0.15) is 0 Å². The molecule has 1 saturated heterocycles. The highest BCUT2D eigenvalue weighted by Crippen LogP contribution is 2.19. The van der Waals surface area contributed by atoms with Gasteiger partial charge in [0.25, 0.3) is 0 Å². The summed E-state index contributed by atoms with van der Waals surface area (Å²) in [5.41, 5.74) is 1.82. The van der Waals surface area contributed by atoms with Gasteiger partial charge in [-0.15, -0.1) is 0 Å². The summed E-state index contributed by atoms with van der Waals surface area (Å²) in [4.78, 5) is 13.6. The molecule has 3 rings (SSSR count). The third-order valence-corrected chi connectivity index (χ3v) is 5.09. The average molecular weight is 368 g/mol. The van der Waals surface area contributed by atoms with Crippen LogP contribution in [0.5, 0.6) is 0 Å². The lowest BCUT2D eigenvalue weighted by Gasteiger charge is -2.31. The zero-order valence-electron chi connectivity index (χ0n) is 14.0. The van der Waals surface area contributed by atoms with Gasteiger partial charge in [-0.25, -0.2) is 13.2 Å². The molecule has 136 valence electrons. The maximum absolute atomic E-state index is 12.1. The Labute approximate surface area is 145 Å². The standard InChI is InChI=1S/C14H20N6O4S/c1-19-17-12-5-3-4-11(13(12)18-19)16-14(21)15-8-10-9-20(6-7-24-10)25(2,22)23/h3-5,10H,6-9H2,1-2H3,(H2,15,16,21). The number of benzene rings is 1. The number of morpholine rings is 1. The number of amides is 2. The van der Waals surface area contributed by atoms with E-state index in [0.29, 0.717) is 29.9 Å². The molecule has 0 radical (unpaired) electrons. The van der Waals surface area contributed by atoms with Crippen molar-refractivity contribution in [1.29, 1.82) is 0 Å². The van der Waals surface area contributed by atoms with E-state index >= 15 is 0 Å². The van der Waals surface area contributed by atoms with E-state index in [1.807, 2.05) is 0 Å². The molecule has 1 aliphatic rings. The van der Waals surface area contributed by atoms with Crippen molar-refractivity contribution in [3.8, 4) is 0 Å². The number of carbonyl (C=O) groups is 1. The van der Waals surface area contributed by atoms with Gasteiger partial charge in [0.15, 0.2) is 0 Å². The Morgan fingerprint density at radius 1 is 1.40 bits per heavy atom. The lowest BCUT2D eigenvalue weighted by molar-refractivity contribution is 0.00167. The third kappa shape index (κ3) is 4.24. The van der Waals surface area contributed by atoms with Crippen molar-refractivity contribution >= 4 is 32.8 Å². The Bertz CT molecular complexity index is 881. The summed E-state index contributed by atoms with van der Waals surface area (Å²) in [6, 6.07) is 4.90. The lowest BCUT2D eigenvalue weighted by Crippen LogP contribution is -2.49. The minimum atomic E-state index is -3.26. The first-order valence-corrected chi connectivity index (χ1v) is 9.59. The molecule has 1 atom stereocenters. The first-order chi connectivity index (χ1) is 11.8. The van der Waals surface area contributed by atoms with Gasteiger partial charge in [0.1, 0.15) is 11.0 Å². The highest BCUT2D eigenvalue weighted by Gasteiger charge is 2.26. The number of urea groups is 1. The zero-order chi connectivity index (χ0) is 18.0. The van der Waals surface area contributed by atoms with E-state index in [0.717, 1.165) is 6.26 Å². The largest absolute Gasteiger partial charge is 0.374 e. The molecule has 0 aliphatic carbocycles. The van der Waals surface area contributed by atoms with Crippen molar-refractivity contribution in [1.82, 2.24) is 24.6 Å². The van der Waals surface area contributed by atoms with Crippen LogP contribution in [-0.2, 0) is 21.8 Å². The number of anilines is 1. The van der Waals surface area contributed by atoms with E-state index in [9.17, 15) is 13.2 Å². The molecule has 10 nitrogen and oxygen atoms in total. The van der Waals surface area contributed by atoms with Gasteiger partial charge in [0.2, 0.25) is 10.0 Å². The van der Waals surface area contributed by atoms with Crippen LogP contribution in [0.4, 0.5) is 10.5 Å². The minimum Gasteiger partial charge on any atom is -0.374 e. The summed E-state index contributed by atoms with van der Waals surface area (Å²) in [5.74, 6) is 0. The van der Waals surface area contributed by atoms with Gasteiger partial charge in [-0.2, -0.15) is 19.3 Å². The van der Waals surface area contributed by atoms with Gasteiger partial charge in [0.05, 0.1) is 24.7 Å². The maximum atomic E-state index is 12.1. The summed E-state index contributed by atoms with van der Waals surface area (Å²) in [6.07, 6.45) is 0.776. The fraction of sp³-hybridized carbons (Fsp3) is 0.500. The van der Waals surface area contributed by atoms with Crippen LogP contribution in [0, 0.1) is 0 Å². The molecule has 0 saturated carbocycles. The van der Waals surface area contributed by atoms with Crippen molar-refractivity contribution in [3.63, 3.8) is 0 Å². The van der Waals surface area contributed by atoms with Crippen molar-refractivity contribution in [2.24, 2.45) is 7.05 Å². The number of rotatable bonds is 4. The molecule has 1 unspecified atom stereocenters. The Morgan fingerprint density at radius 3 is 2.96 bits per heavy atom. The van der Waals surface area contributed by atoms with Crippen LogP contribution >= 0.6 is 0 Å². The van der Waals surface area contributed by atoms with Gasteiger partial charge in [0, 0.05) is 26.7 Å². The molecule has 11 heteroatoms. The van der Waals surface area contributed by atoms with Crippen LogP contribution in [-0.4, -0.2) is 72.3 Å². The molecule has 2 heterocycles. The molecule has 1 aromatic heterocycles. The normalized spacial score (nSPS) is 19.0. The highest BCUT2D eigenvalue weighted by atomic mass is 32.2. The Hall–Kier alpha value is -2.24. The predicted octanol–water partition coefficient (Wildman–Crippen LogP) is -0.250. The number of fused-ring (bicyclic) bond motifs is 1. The van der Waals surface area contributed by atoms with Gasteiger partial charge >= 0.3 is 6.03 Å². The van der Waals surface area contributed by atoms with Gasteiger partial charge < -0.3 is 15.4 Å². The molecule has 1 aliphatic heterocycles. The van der Waals surface area contributed by atoms with E-state index < -0.39 is 16.1 Å². The molecule has 25 heavy (non-hydrogen) atoms. The number of sulfonamides is 1. The number of carbonyl (C=O) groups excluding carboxylic acids is 1. The summed E-state index contributed by atoms with van der Waals surface area (Å²) < 4.78 is 30.0. The molecular weight excluding hydrogens is 348 g/mol. The van der Waals surface area contributed by atoms with Crippen LogP contribution in [0.15, 0.2) is 18.2 Å². The number of nitrogens with zero attached hydrogens (tertiary/aromatic N) is 4. The molecule has 2 amide bonds. The second-order valence-electron chi connectivity index (χ2n) is 5.81. The molecule has 1 aromatic carbocycles. The molecule has 1 fully saturated rings. The van der Waals surface area contributed by atoms with Crippen molar-refractivity contribution in [2.45, 2.75) is 6.10 Å². The minimum absolute atomic E-state index is 0.203. The second-order valence-corrected chi connectivity index (χ2v) is 7.79. The van der Waals surface area contributed by atoms with Gasteiger partial charge in [-0.05, 0) is 12.1 Å². The number of aryl methyl sites for hydroxylation is 1. The monoisotopic (exact) mass is 368 g/mol. The number of hydrogen-bond donors (Lipinski definition) is 2. The number of ether oxygens (including phenoxy) is 1. The van der Waals surface area contributed by atoms with Gasteiger partial charge in [-0.3, -0.25) is 0 Å². The molecule has 0 bridgehead atoms. The summed E-state index contributed by atoms with van der Waals surface area (Å²) in [6.45, 7) is 1.06. The van der Waals surface area contributed by atoms with E-state index in [2.05, 4.69) is 20.8 Å². The van der Waals surface area contributed by atoms with E-state index in [1.54, 1.807) is 25.2 Å². The topological polar surface area (TPSA) is 118 Å². The van der Waals surface area contributed by atoms with Crippen molar-refractivity contribution in [3.05, 3.63) is 18.2 Å². The van der Waals surface area contributed by atoms with Crippen LogP contribution in [0.3, 0.4) is 0 Å². The summed E-state index contributed by atoms with van der Waals surface area (Å²) >= 11 is 0. The predicted molar refractivity (Wildman–Crippen MR) is 91.7 cm³/mol. The third-order valence-electron chi connectivity index (χ3n) is 3.82. The first-order valence-electron chi connectivity index (χ1n) is 7.74. The van der Waals surface area contributed by atoms with Gasteiger partial charge in [-0.1, -0.05) is 6.07 Å². The second kappa shape index (κ2) is 6.94. The van der Waals surface area contributed by atoms with Crippen LogP contribution < -0.4 is 10.6 Å². The Kier molecular flexibility index (Phi) is 4.88. The van der Waals surface area contributed by atoms with E-state index in [1.165, 1.54) is 9.10 Å². The number of hydrogen-bond acceptors (Lipinski definition) is 6. The zero-order valence-corrected chi connectivity index (χ0v) is 14.8. The average Bonchev–Trinajstić information content (AvgIpc) is 2.94. The fourth-order valence-electron chi connectivity index (χ4n) is 2.63. The number of aromatic nitrogens is 3. The quantitative estimate of drug-likeness (QED) is 0.768. The molecule has 2 N–H and O–H groups in total. The number of nitrogens with one attached hydrogen (secondary N) is 2. The SMILES string of the molecule is Cn1nc2cccc(NC(=O)NCC3CN(S(C)(=O)=O)CCO3)c2n1. The van der Waals surface area contributed by atoms with Crippen molar-refractivity contribution in [2.75, 3.05) is 37.8 Å². The molecule has 2 aromatic rings. The smallest absolute Gasteiger partial charge is 0.319 e. The van der Waals surface area contributed by atoms with Crippen LogP contribution in [0.2, 0.25) is 0 Å². The Morgan fingerprint density at radius 2 is 2.20 bits per heavy atom.